The normalized spacial score (nSPS) is 11.6. The van der Waals surface area contributed by atoms with Crippen LogP contribution in [-0.4, -0.2) is 29.0 Å². The Bertz CT molecular complexity index is 983. The van der Waals surface area contributed by atoms with Gasteiger partial charge >= 0.3 is 6.18 Å². The van der Waals surface area contributed by atoms with Gasteiger partial charge in [-0.05, 0) is 38.1 Å². The lowest BCUT2D eigenvalue weighted by Gasteiger charge is -2.22. The number of nitrogens with one attached hydrogen (secondary N) is 1. The maximum Gasteiger partial charge on any atom is 0.452 e. The fourth-order valence-electron chi connectivity index (χ4n) is 2.49. The number of amides is 1. The number of pyridine rings is 1. The van der Waals surface area contributed by atoms with E-state index in [1.165, 1.54) is 6.20 Å². The molecule has 0 bridgehead atoms. The summed E-state index contributed by atoms with van der Waals surface area (Å²) in [6, 6.07) is 11.5. The molecule has 0 saturated carbocycles. The number of carbonyl (C=O) groups is 1. The van der Waals surface area contributed by atoms with Gasteiger partial charge in [-0.1, -0.05) is 18.2 Å². The van der Waals surface area contributed by atoms with Crippen molar-refractivity contribution < 1.29 is 22.4 Å². The summed E-state index contributed by atoms with van der Waals surface area (Å²) in [4.78, 5) is 22.4. The van der Waals surface area contributed by atoms with Crippen molar-refractivity contribution in [3.8, 4) is 11.5 Å². The standard InChI is InChI=1S/C20H19F3N4O2/c1-12(2)27(3)15-10-9-14(11-24-15)25-18(28)16-17(20(21,22)23)29-19(26-16)13-7-5-4-6-8-13/h4-12H,1-3H3,(H,25,28). The van der Waals surface area contributed by atoms with E-state index in [1.807, 2.05) is 25.8 Å². The average Bonchev–Trinajstić information content (AvgIpc) is 3.15. The van der Waals surface area contributed by atoms with Crippen LogP contribution in [0.25, 0.3) is 11.5 Å². The molecule has 9 heteroatoms. The van der Waals surface area contributed by atoms with Gasteiger partial charge < -0.3 is 14.6 Å². The van der Waals surface area contributed by atoms with Gasteiger partial charge in [0, 0.05) is 18.7 Å². The zero-order valence-electron chi connectivity index (χ0n) is 16.0. The molecule has 2 heterocycles. The molecular weight excluding hydrogens is 385 g/mol. The van der Waals surface area contributed by atoms with Crippen LogP contribution in [-0.2, 0) is 6.18 Å². The highest BCUT2D eigenvalue weighted by Gasteiger charge is 2.42. The number of oxazole rings is 1. The lowest BCUT2D eigenvalue weighted by Crippen LogP contribution is -2.26. The van der Waals surface area contributed by atoms with E-state index < -0.39 is 23.5 Å². The molecule has 1 N–H and O–H groups in total. The van der Waals surface area contributed by atoms with Gasteiger partial charge in [0.2, 0.25) is 11.7 Å². The highest BCUT2D eigenvalue weighted by molar-refractivity contribution is 6.04. The maximum absolute atomic E-state index is 13.4. The van der Waals surface area contributed by atoms with Crippen LogP contribution >= 0.6 is 0 Å². The van der Waals surface area contributed by atoms with Crippen molar-refractivity contribution in [3.63, 3.8) is 0 Å². The van der Waals surface area contributed by atoms with Crippen molar-refractivity contribution >= 4 is 17.4 Å². The molecule has 0 radical (unpaired) electrons. The molecule has 6 nitrogen and oxygen atoms in total. The molecule has 0 saturated heterocycles. The Morgan fingerprint density at radius 2 is 1.83 bits per heavy atom. The predicted molar refractivity (Wildman–Crippen MR) is 103 cm³/mol. The van der Waals surface area contributed by atoms with Gasteiger partial charge in [0.15, 0.2) is 5.69 Å². The predicted octanol–water partition coefficient (Wildman–Crippen LogP) is 4.85. The number of rotatable bonds is 5. The van der Waals surface area contributed by atoms with Crippen LogP contribution in [0.3, 0.4) is 0 Å². The van der Waals surface area contributed by atoms with E-state index in [0.717, 1.165) is 0 Å². The zero-order chi connectivity index (χ0) is 21.2. The number of aromatic nitrogens is 2. The Morgan fingerprint density at radius 1 is 1.14 bits per heavy atom. The fourth-order valence-corrected chi connectivity index (χ4v) is 2.49. The van der Waals surface area contributed by atoms with Gasteiger partial charge in [0.25, 0.3) is 5.91 Å². The minimum absolute atomic E-state index is 0.212. The lowest BCUT2D eigenvalue weighted by atomic mass is 10.2. The quantitative estimate of drug-likeness (QED) is 0.658. The number of nitrogens with zero attached hydrogens (tertiary/aromatic N) is 3. The molecule has 0 fully saturated rings. The molecule has 0 atom stereocenters. The molecule has 29 heavy (non-hydrogen) atoms. The largest absolute Gasteiger partial charge is 0.452 e. The van der Waals surface area contributed by atoms with Crippen molar-refractivity contribution in [2.45, 2.75) is 26.1 Å². The molecule has 3 rings (SSSR count). The minimum Gasteiger partial charge on any atom is -0.431 e. The minimum atomic E-state index is -4.87. The van der Waals surface area contributed by atoms with Crippen LogP contribution in [0.5, 0.6) is 0 Å². The van der Waals surface area contributed by atoms with E-state index >= 15 is 0 Å². The summed E-state index contributed by atoms with van der Waals surface area (Å²) in [5, 5.41) is 2.39. The number of anilines is 2. The molecule has 0 aliphatic carbocycles. The van der Waals surface area contributed by atoms with E-state index in [2.05, 4.69) is 15.3 Å². The number of alkyl halides is 3. The van der Waals surface area contributed by atoms with E-state index in [-0.39, 0.29) is 17.6 Å². The number of hydrogen-bond donors (Lipinski definition) is 1. The number of halogens is 3. The molecular formula is C20H19F3N4O2. The van der Waals surface area contributed by atoms with Crippen LogP contribution < -0.4 is 10.2 Å². The highest BCUT2D eigenvalue weighted by Crippen LogP contribution is 2.35. The monoisotopic (exact) mass is 404 g/mol. The van der Waals surface area contributed by atoms with E-state index in [4.69, 9.17) is 4.42 Å². The van der Waals surface area contributed by atoms with Gasteiger partial charge in [-0.15, -0.1) is 0 Å². The first kappa shape index (κ1) is 20.4. The van der Waals surface area contributed by atoms with Crippen molar-refractivity contribution in [2.75, 3.05) is 17.3 Å². The topological polar surface area (TPSA) is 71.3 Å². The smallest absolute Gasteiger partial charge is 0.431 e. The third kappa shape index (κ3) is 4.56. The summed E-state index contributed by atoms with van der Waals surface area (Å²) < 4.78 is 45.0. The third-order valence-electron chi connectivity index (χ3n) is 4.26. The maximum atomic E-state index is 13.4. The van der Waals surface area contributed by atoms with Gasteiger partial charge in [0.1, 0.15) is 5.82 Å². The van der Waals surface area contributed by atoms with Crippen molar-refractivity contribution in [1.29, 1.82) is 0 Å². The van der Waals surface area contributed by atoms with Crippen LogP contribution in [0, 0.1) is 0 Å². The Morgan fingerprint density at radius 3 is 2.38 bits per heavy atom. The summed E-state index contributed by atoms with van der Waals surface area (Å²) in [5.41, 5.74) is -0.257. The van der Waals surface area contributed by atoms with E-state index in [9.17, 15) is 18.0 Å². The second-order valence-corrected chi connectivity index (χ2v) is 6.62. The first-order chi connectivity index (χ1) is 13.7. The summed E-state index contributed by atoms with van der Waals surface area (Å²) in [5.74, 6) is -2.09. The molecule has 1 aromatic carbocycles. The summed E-state index contributed by atoms with van der Waals surface area (Å²) in [6.07, 6.45) is -3.49. The van der Waals surface area contributed by atoms with Crippen LogP contribution in [0.2, 0.25) is 0 Å². The summed E-state index contributed by atoms with van der Waals surface area (Å²) in [6.45, 7) is 3.98. The molecule has 0 aliphatic rings. The second kappa shape index (κ2) is 7.94. The summed E-state index contributed by atoms with van der Waals surface area (Å²) >= 11 is 0. The van der Waals surface area contributed by atoms with Crippen LogP contribution in [0.1, 0.15) is 30.1 Å². The molecule has 2 aromatic heterocycles. The lowest BCUT2D eigenvalue weighted by molar-refractivity contribution is -0.153. The number of carbonyl (C=O) groups excluding carboxylic acids is 1. The molecule has 1 amide bonds. The zero-order valence-corrected chi connectivity index (χ0v) is 16.0. The van der Waals surface area contributed by atoms with Crippen LogP contribution in [0.15, 0.2) is 53.1 Å². The molecule has 0 aliphatic heterocycles. The summed E-state index contributed by atoms with van der Waals surface area (Å²) in [7, 11) is 1.86. The molecule has 152 valence electrons. The van der Waals surface area contributed by atoms with Crippen LogP contribution in [0.4, 0.5) is 24.7 Å². The fraction of sp³-hybridized carbons (Fsp3) is 0.250. The average molecular weight is 404 g/mol. The molecule has 0 spiro atoms. The molecule has 0 unspecified atom stereocenters. The van der Waals surface area contributed by atoms with Crippen molar-refractivity contribution in [1.82, 2.24) is 9.97 Å². The second-order valence-electron chi connectivity index (χ2n) is 6.62. The Kier molecular flexibility index (Phi) is 5.58. The van der Waals surface area contributed by atoms with Gasteiger partial charge in [-0.25, -0.2) is 9.97 Å². The van der Waals surface area contributed by atoms with Gasteiger partial charge in [-0.3, -0.25) is 4.79 Å². The Hall–Kier alpha value is -3.36. The van der Waals surface area contributed by atoms with Gasteiger partial charge in [0.05, 0.1) is 11.9 Å². The number of benzene rings is 1. The van der Waals surface area contributed by atoms with Crippen molar-refractivity contribution in [2.24, 2.45) is 0 Å². The SMILES string of the molecule is CC(C)N(C)c1ccc(NC(=O)c2nc(-c3ccccc3)oc2C(F)(F)F)cn1. The number of hydrogen-bond acceptors (Lipinski definition) is 5. The first-order valence-corrected chi connectivity index (χ1v) is 8.80. The van der Waals surface area contributed by atoms with Crippen molar-refractivity contribution in [3.05, 3.63) is 60.1 Å². The Balaban J connectivity index is 1.88. The van der Waals surface area contributed by atoms with E-state index in [1.54, 1.807) is 42.5 Å². The molecule has 3 aromatic rings. The Labute approximate surface area is 165 Å². The third-order valence-corrected chi connectivity index (χ3v) is 4.26. The van der Waals surface area contributed by atoms with Gasteiger partial charge in [-0.2, -0.15) is 13.2 Å². The first-order valence-electron chi connectivity index (χ1n) is 8.80. The van der Waals surface area contributed by atoms with E-state index in [0.29, 0.717) is 11.4 Å². The highest BCUT2D eigenvalue weighted by atomic mass is 19.4.